The van der Waals surface area contributed by atoms with E-state index < -0.39 is 0 Å². The summed E-state index contributed by atoms with van der Waals surface area (Å²) in [7, 11) is 0. The van der Waals surface area contributed by atoms with Gasteiger partial charge in [0.2, 0.25) is 0 Å². The van der Waals surface area contributed by atoms with Gasteiger partial charge in [-0.3, -0.25) is 4.79 Å². The second-order valence-corrected chi connectivity index (χ2v) is 5.69. The number of hydrogen-bond donors (Lipinski definition) is 1. The minimum absolute atomic E-state index is 0.0825. The van der Waals surface area contributed by atoms with E-state index in [0.717, 1.165) is 10.0 Å². The van der Waals surface area contributed by atoms with E-state index in [1.807, 2.05) is 61.5 Å². The van der Waals surface area contributed by atoms with Crippen molar-refractivity contribution in [3.05, 3.63) is 70.7 Å². The van der Waals surface area contributed by atoms with Crippen LogP contribution in [0.4, 0.5) is 0 Å². The smallest absolute Gasteiger partial charge is 0.277 e. The first-order valence-electron chi connectivity index (χ1n) is 7.08. The molecule has 23 heavy (non-hydrogen) atoms. The highest BCUT2D eigenvalue weighted by Gasteiger charge is 2.01. The fourth-order valence-corrected chi connectivity index (χ4v) is 1.95. The second kappa shape index (κ2) is 8.90. The van der Waals surface area contributed by atoms with Gasteiger partial charge in [-0.05, 0) is 42.8 Å². The third-order valence-corrected chi connectivity index (χ3v) is 3.39. The Hall–Kier alpha value is -2.40. The Morgan fingerprint density at radius 3 is 2.57 bits per heavy atom. The molecule has 2 aromatic rings. The van der Waals surface area contributed by atoms with Crippen LogP contribution in [0, 0.1) is 0 Å². The maximum atomic E-state index is 11.7. The highest BCUT2D eigenvalue weighted by molar-refractivity contribution is 9.10. The first-order chi connectivity index (χ1) is 11.1. The number of benzene rings is 2. The van der Waals surface area contributed by atoms with Crippen LogP contribution in [0.3, 0.4) is 0 Å². The number of halogens is 1. The summed E-state index contributed by atoms with van der Waals surface area (Å²) in [4.78, 5) is 11.7. The van der Waals surface area contributed by atoms with Crippen LogP contribution in [-0.2, 0) is 4.79 Å². The Morgan fingerprint density at radius 1 is 1.17 bits per heavy atom. The molecule has 0 unspecified atom stereocenters. The molecular weight excluding hydrogens is 356 g/mol. The lowest BCUT2D eigenvalue weighted by atomic mass is 10.2. The highest BCUT2D eigenvalue weighted by Crippen LogP contribution is 2.15. The molecule has 0 aliphatic carbocycles. The van der Waals surface area contributed by atoms with E-state index in [1.54, 1.807) is 12.1 Å². The summed E-state index contributed by atoms with van der Waals surface area (Å²) in [5.41, 5.74) is 4.24. The number of ether oxygens (including phenoxy) is 1. The fraction of sp³-hybridized carbons (Fsp3) is 0.111. The third-order valence-electron chi connectivity index (χ3n) is 2.86. The molecule has 0 heterocycles. The molecule has 0 aliphatic heterocycles. The number of hydrazone groups is 1. The van der Waals surface area contributed by atoms with Gasteiger partial charge in [0, 0.05) is 4.47 Å². The molecule has 2 aromatic carbocycles. The lowest BCUT2D eigenvalue weighted by Crippen LogP contribution is -2.25. The van der Waals surface area contributed by atoms with Crippen molar-refractivity contribution < 1.29 is 9.53 Å². The van der Waals surface area contributed by atoms with Gasteiger partial charge in [-0.1, -0.05) is 52.3 Å². The number of amides is 1. The van der Waals surface area contributed by atoms with Crippen molar-refractivity contribution in [3.63, 3.8) is 0 Å². The van der Waals surface area contributed by atoms with Gasteiger partial charge < -0.3 is 4.74 Å². The standard InChI is InChI=1S/C18H17BrN2O2/c1-14(7-8-15-5-3-2-4-6-15)20-21-18(22)13-23-17-11-9-16(19)10-12-17/h2-12H,13H2,1H3,(H,21,22)/b8-7+,20-14+. The van der Waals surface area contributed by atoms with Crippen molar-refractivity contribution in [2.24, 2.45) is 5.10 Å². The van der Waals surface area contributed by atoms with Crippen molar-refractivity contribution in [2.45, 2.75) is 6.92 Å². The molecule has 0 radical (unpaired) electrons. The molecule has 0 saturated heterocycles. The summed E-state index contributed by atoms with van der Waals surface area (Å²) in [5, 5.41) is 4.01. The summed E-state index contributed by atoms with van der Waals surface area (Å²) >= 11 is 3.34. The molecule has 0 spiro atoms. The van der Waals surface area contributed by atoms with E-state index in [0.29, 0.717) is 11.5 Å². The van der Waals surface area contributed by atoms with Gasteiger partial charge in [0.25, 0.3) is 5.91 Å². The predicted octanol–water partition coefficient (Wildman–Crippen LogP) is 4.03. The lowest BCUT2D eigenvalue weighted by Gasteiger charge is -2.05. The first kappa shape index (κ1) is 17.0. The molecule has 1 amide bonds. The number of nitrogens with zero attached hydrogens (tertiary/aromatic N) is 1. The summed E-state index contributed by atoms with van der Waals surface area (Å²) in [6, 6.07) is 17.2. The van der Waals surface area contributed by atoms with Gasteiger partial charge >= 0.3 is 0 Å². The largest absolute Gasteiger partial charge is 0.484 e. The van der Waals surface area contributed by atoms with Crippen molar-refractivity contribution in [1.82, 2.24) is 5.43 Å². The van der Waals surface area contributed by atoms with Crippen LogP contribution in [0.25, 0.3) is 6.08 Å². The summed E-state index contributed by atoms with van der Waals surface area (Å²) in [6.07, 6.45) is 3.77. The maximum absolute atomic E-state index is 11.7. The minimum Gasteiger partial charge on any atom is -0.484 e. The van der Waals surface area contributed by atoms with Crippen LogP contribution in [0.15, 0.2) is 70.2 Å². The maximum Gasteiger partial charge on any atom is 0.277 e. The quantitative estimate of drug-likeness (QED) is 0.614. The van der Waals surface area contributed by atoms with E-state index in [2.05, 4.69) is 26.5 Å². The molecular formula is C18H17BrN2O2. The molecule has 0 bridgehead atoms. The number of allylic oxidation sites excluding steroid dienone is 1. The van der Waals surface area contributed by atoms with E-state index in [9.17, 15) is 4.79 Å². The molecule has 4 nitrogen and oxygen atoms in total. The molecule has 0 fully saturated rings. The molecule has 0 aromatic heterocycles. The van der Waals surface area contributed by atoms with Gasteiger partial charge in [-0.15, -0.1) is 0 Å². The van der Waals surface area contributed by atoms with E-state index in [4.69, 9.17) is 4.74 Å². The van der Waals surface area contributed by atoms with Crippen molar-refractivity contribution >= 4 is 33.6 Å². The van der Waals surface area contributed by atoms with Gasteiger partial charge in [0.05, 0.1) is 5.71 Å². The van der Waals surface area contributed by atoms with Crippen LogP contribution >= 0.6 is 15.9 Å². The normalized spacial score (nSPS) is 11.5. The van der Waals surface area contributed by atoms with Gasteiger partial charge in [-0.2, -0.15) is 5.10 Å². The SMILES string of the molecule is CC(/C=C/c1ccccc1)=N\NC(=O)COc1ccc(Br)cc1. The Balaban J connectivity index is 1.78. The summed E-state index contributed by atoms with van der Waals surface area (Å²) in [5.74, 6) is 0.327. The second-order valence-electron chi connectivity index (χ2n) is 4.77. The van der Waals surface area contributed by atoms with E-state index in [-0.39, 0.29) is 12.5 Å². The topological polar surface area (TPSA) is 50.7 Å². The van der Waals surface area contributed by atoms with E-state index in [1.165, 1.54) is 0 Å². The molecule has 0 saturated carbocycles. The molecule has 2 rings (SSSR count). The van der Waals surface area contributed by atoms with Crippen molar-refractivity contribution in [3.8, 4) is 5.75 Å². The predicted molar refractivity (Wildman–Crippen MR) is 96.4 cm³/mol. The minimum atomic E-state index is -0.305. The van der Waals surface area contributed by atoms with Crippen LogP contribution in [0.2, 0.25) is 0 Å². The summed E-state index contributed by atoms with van der Waals surface area (Å²) in [6.45, 7) is 1.73. The van der Waals surface area contributed by atoms with Gasteiger partial charge in [0.15, 0.2) is 6.61 Å². The van der Waals surface area contributed by atoms with Gasteiger partial charge in [0.1, 0.15) is 5.75 Å². The number of nitrogens with one attached hydrogen (secondary N) is 1. The number of hydrogen-bond acceptors (Lipinski definition) is 3. The Kier molecular flexibility index (Phi) is 6.56. The Morgan fingerprint density at radius 2 is 1.87 bits per heavy atom. The third kappa shape index (κ3) is 6.48. The van der Waals surface area contributed by atoms with Crippen LogP contribution in [-0.4, -0.2) is 18.2 Å². The molecule has 5 heteroatoms. The van der Waals surface area contributed by atoms with E-state index >= 15 is 0 Å². The zero-order chi connectivity index (χ0) is 16.5. The van der Waals surface area contributed by atoms with Crippen molar-refractivity contribution in [1.29, 1.82) is 0 Å². The number of rotatable bonds is 6. The molecule has 0 aliphatic rings. The Bertz CT molecular complexity index is 695. The molecule has 118 valence electrons. The van der Waals surface area contributed by atoms with Crippen LogP contribution in [0.1, 0.15) is 12.5 Å². The highest BCUT2D eigenvalue weighted by atomic mass is 79.9. The van der Waals surface area contributed by atoms with Crippen molar-refractivity contribution in [2.75, 3.05) is 6.61 Å². The van der Waals surface area contributed by atoms with Crippen LogP contribution < -0.4 is 10.2 Å². The zero-order valence-corrected chi connectivity index (χ0v) is 14.3. The first-order valence-corrected chi connectivity index (χ1v) is 7.87. The fourth-order valence-electron chi connectivity index (χ4n) is 1.68. The number of carbonyl (C=O) groups excluding carboxylic acids is 1. The lowest BCUT2D eigenvalue weighted by molar-refractivity contribution is -0.123. The summed E-state index contributed by atoms with van der Waals surface area (Å²) < 4.78 is 6.32. The average molecular weight is 373 g/mol. The monoisotopic (exact) mass is 372 g/mol. The Labute approximate surface area is 144 Å². The average Bonchev–Trinajstić information content (AvgIpc) is 2.58. The van der Waals surface area contributed by atoms with Crippen LogP contribution in [0.5, 0.6) is 5.75 Å². The molecule has 1 N–H and O–H groups in total. The van der Waals surface area contributed by atoms with Gasteiger partial charge in [-0.25, -0.2) is 5.43 Å². The molecule has 0 atom stereocenters. The number of carbonyl (C=O) groups is 1. The zero-order valence-electron chi connectivity index (χ0n) is 12.7.